The van der Waals surface area contributed by atoms with Gasteiger partial charge in [-0.25, -0.2) is 8.78 Å². The molecule has 4 heteroatoms. The Bertz CT molecular complexity index is 452. The summed E-state index contributed by atoms with van der Waals surface area (Å²) >= 11 is 0. The largest absolute Gasteiger partial charge is 0.364 e. The number of rotatable bonds is 2. The normalized spacial score (nSPS) is 26.1. The zero-order chi connectivity index (χ0) is 14.0. The van der Waals surface area contributed by atoms with Gasteiger partial charge in [-0.1, -0.05) is 37.5 Å². The molecule has 0 radical (unpaired) electrons. The predicted octanol–water partition coefficient (Wildman–Crippen LogP) is 3.99. The van der Waals surface area contributed by atoms with Gasteiger partial charge in [0.15, 0.2) is 0 Å². The van der Waals surface area contributed by atoms with E-state index >= 15 is 0 Å². The summed E-state index contributed by atoms with van der Waals surface area (Å²) in [4.78, 5) is 0. The number of alkyl halides is 2. The van der Waals surface area contributed by atoms with Crippen molar-refractivity contribution in [1.82, 2.24) is 5.32 Å². The fourth-order valence-corrected chi connectivity index (χ4v) is 3.39. The van der Waals surface area contributed by atoms with Crippen molar-refractivity contribution >= 4 is 0 Å². The first-order chi connectivity index (χ1) is 9.69. The first-order valence-electron chi connectivity index (χ1n) is 7.45. The van der Waals surface area contributed by atoms with Crippen LogP contribution < -0.4 is 5.32 Å². The van der Waals surface area contributed by atoms with E-state index in [9.17, 15) is 8.78 Å². The second-order valence-corrected chi connectivity index (χ2v) is 5.95. The third-order valence-electron chi connectivity index (χ3n) is 4.47. The molecular weight excluding hydrogens is 260 g/mol. The minimum atomic E-state index is -2.42. The molecular formula is C16H21F2NO. The Labute approximate surface area is 118 Å². The Kier molecular flexibility index (Phi) is 4.03. The van der Waals surface area contributed by atoms with Crippen molar-refractivity contribution in [1.29, 1.82) is 0 Å². The van der Waals surface area contributed by atoms with Crippen LogP contribution in [0.15, 0.2) is 24.3 Å². The standard InChI is InChI=1S/C16H21F2NO/c17-15(18)13-6-4-5-12(9-13)14-10-19-11-16(20-14)7-2-1-3-8-16/h4-6,9,14-15,19H,1-3,7-8,10-11H2. The molecule has 1 heterocycles. The average Bonchev–Trinajstić information content (AvgIpc) is 2.48. The van der Waals surface area contributed by atoms with Gasteiger partial charge >= 0.3 is 0 Å². The molecule has 3 rings (SSSR count). The molecule has 2 fully saturated rings. The van der Waals surface area contributed by atoms with Gasteiger partial charge in [0.05, 0.1) is 11.7 Å². The highest BCUT2D eigenvalue weighted by Crippen LogP contribution is 2.38. The van der Waals surface area contributed by atoms with Gasteiger partial charge in [0.25, 0.3) is 6.43 Å². The van der Waals surface area contributed by atoms with Crippen LogP contribution in [0.25, 0.3) is 0 Å². The van der Waals surface area contributed by atoms with E-state index in [-0.39, 0.29) is 17.3 Å². The molecule has 1 aliphatic carbocycles. The maximum atomic E-state index is 12.8. The van der Waals surface area contributed by atoms with Gasteiger partial charge in [0.1, 0.15) is 0 Å². The zero-order valence-electron chi connectivity index (χ0n) is 11.6. The third kappa shape index (κ3) is 2.86. The number of ether oxygens (including phenoxy) is 1. The van der Waals surface area contributed by atoms with Crippen molar-refractivity contribution in [3.05, 3.63) is 35.4 Å². The lowest BCUT2D eigenvalue weighted by atomic mass is 9.83. The van der Waals surface area contributed by atoms with E-state index in [1.165, 1.54) is 25.3 Å². The monoisotopic (exact) mass is 281 g/mol. The molecule has 20 heavy (non-hydrogen) atoms. The van der Waals surface area contributed by atoms with Crippen LogP contribution >= 0.6 is 0 Å². The topological polar surface area (TPSA) is 21.3 Å². The van der Waals surface area contributed by atoms with Gasteiger partial charge in [-0.15, -0.1) is 0 Å². The van der Waals surface area contributed by atoms with Crippen LogP contribution in [0.4, 0.5) is 8.78 Å². The van der Waals surface area contributed by atoms with Crippen LogP contribution in [-0.4, -0.2) is 18.7 Å². The Hall–Kier alpha value is -1.00. The summed E-state index contributed by atoms with van der Waals surface area (Å²) in [6, 6.07) is 6.64. The smallest absolute Gasteiger partial charge is 0.263 e. The average molecular weight is 281 g/mol. The first kappa shape index (κ1) is 14.0. The molecule has 1 saturated heterocycles. The summed E-state index contributed by atoms with van der Waals surface area (Å²) in [7, 11) is 0. The third-order valence-corrected chi connectivity index (χ3v) is 4.47. The van der Waals surface area contributed by atoms with Crippen LogP contribution in [-0.2, 0) is 4.74 Å². The molecule has 2 aliphatic rings. The Morgan fingerprint density at radius 3 is 2.75 bits per heavy atom. The van der Waals surface area contributed by atoms with Crippen molar-refractivity contribution < 1.29 is 13.5 Å². The molecule has 0 amide bonds. The SMILES string of the molecule is FC(F)c1cccc(C2CNCC3(CCCCC3)O2)c1. The molecule has 2 nitrogen and oxygen atoms in total. The minimum absolute atomic E-state index is 0.0781. The minimum Gasteiger partial charge on any atom is -0.364 e. The Morgan fingerprint density at radius 2 is 2.00 bits per heavy atom. The van der Waals surface area contributed by atoms with Gasteiger partial charge in [-0.3, -0.25) is 0 Å². The Balaban J connectivity index is 1.78. The molecule has 1 aromatic carbocycles. The fourth-order valence-electron chi connectivity index (χ4n) is 3.39. The lowest BCUT2D eigenvalue weighted by molar-refractivity contribution is -0.135. The lowest BCUT2D eigenvalue weighted by Crippen LogP contribution is -2.51. The molecule has 0 aromatic heterocycles. The van der Waals surface area contributed by atoms with Gasteiger partial charge in [0.2, 0.25) is 0 Å². The maximum Gasteiger partial charge on any atom is 0.263 e. The van der Waals surface area contributed by atoms with Crippen LogP contribution in [0.2, 0.25) is 0 Å². The number of benzene rings is 1. The highest BCUT2D eigenvalue weighted by molar-refractivity contribution is 5.27. The second-order valence-electron chi connectivity index (χ2n) is 5.95. The van der Waals surface area contributed by atoms with E-state index in [4.69, 9.17) is 4.74 Å². The molecule has 1 unspecified atom stereocenters. The van der Waals surface area contributed by atoms with Crippen molar-refractivity contribution in [3.8, 4) is 0 Å². The van der Waals surface area contributed by atoms with E-state index in [0.717, 1.165) is 24.9 Å². The predicted molar refractivity (Wildman–Crippen MR) is 73.9 cm³/mol. The van der Waals surface area contributed by atoms with Gasteiger partial charge in [-0.2, -0.15) is 0 Å². The zero-order valence-corrected chi connectivity index (χ0v) is 11.6. The van der Waals surface area contributed by atoms with Crippen LogP contribution in [0.3, 0.4) is 0 Å². The first-order valence-corrected chi connectivity index (χ1v) is 7.45. The molecule has 1 atom stereocenters. The van der Waals surface area contributed by atoms with Crippen molar-refractivity contribution in [3.63, 3.8) is 0 Å². The number of hydrogen-bond acceptors (Lipinski definition) is 2. The summed E-state index contributed by atoms with van der Waals surface area (Å²) in [6.45, 7) is 1.59. The molecule has 1 aliphatic heterocycles. The fraction of sp³-hybridized carbons (Fsp3) is 0.625. The van der Waals surface area contributed by atoms with Gasteiger partial charge < -0.3 is 10.1 Å². The molecule has 1 saturated carbocycles. The molecule has 1 spiro atoms. The lowest BCUT2D eigenvalue weighted by Gasteiger charge is -2.44. The van der Waals surface area contributed by atoms with E-state index < -0.39 is 6.43 Å². The molecule has 1 aromatic rings. The summed E-state index contributed by atoms with van der Waals surface area (Å²) in [6.07, 6.45) is 3.29. The van der Waals surface area contributed by atoms with E-state index in [1.54, 1.807) is 12.1 Å². The highest BCUT2D eigenvalue weighted by atomic mass is 19.3. The summed E-state index contributed by atoms with van der Waals surface area (Å²) in [5, 5.41) is 3.43. The Morgan fingerprint density at radius 1 is 1.20 bits per heavy atom. The number of morpholine rings is 1. The van der Waals surface area contributed by atoms with Gasteiger partial charge in [0, 0.05) is 18.7 Å². The number of halogens is 2. The maximum absolute atomic E-state index is 12.8. The van der Waals surface area contributed by atoms with Crippen molar-refractivity contribution in [2.24, 2.45) is 0 Å². The van der Waals surface area contributed by atoms with Crippen LogP contribution in [0.5, 0.6) is 0 Å². The summed E-state index contributed by atoms with van der Waals surface area (Å²) in [5.74, 6) is 0. The van der Waals surface area contributed by atoms with E-state index in [1.807, 2.05) is 6.07 Å². The second kappa shape index (κ2) is 5.78. The molecule has 1 N–H and O–H groups in total. The molecule has 110 valence electrons. The number of hydrogen-bond donors (Lipinski definition) is 1. The highest BCUT2D eigenvalue weighted by Gasteiger charge is 2.38. The number of nitrogens with one attached hydrogen (secondary N) is 1. The summed E-state index contributed by atoms with van der Waals surface area (Å²) < 4.78 is 31.9. The van der Waals surface area contributed by atoms with E-state index in [0.29, 0.717) is 6.54 Å². The van der Waals surface area contributed by atoms with Crippen LogP contribution in [0, 0.1) is 0 Å². The van der Waals surface area contributed by atoms with Gasteiger partial charge in [-0.05, 0) is 24.5 Å². The summed E-state index contributed by atoms with van der Waals surface area (Å²) in [5.41, 5.74) is 0.858. The van der Waals surface area contributed by atoms with E-state index in [2.05, 4.69) is 5.32 Å². The quantitative estimate of drug-likeness (QED) is 0.885. The van der Waals surface area contributed by atoms with Crippen molar-refractivity contribution in [2.45, 2.75) is 50.2 Å². The van der Waals surface area contributed by atoms with Crippen LogP contribution in [0.1, 0.15) is 55.8 Å². The van der Waals surface area contributed by atoms with Crippen molar-refractivity contribution in [2.75, 3.05) is 13.1 Å². The molecule has 0 bridgehead atoms.